The molecule has 21 heavy (non-hydrogen) atoms. The number of methoxy groups -OCH3 is 1. The quantitative estimate of drug-likeness (QED) is 0.906. The van der Waals surface area contributed by atoms with Gasteiger partial charge in [-0.05, 0) is 31.0 Å². The molecule has 2 N–H and O–H groups in total. The van der Waals surface area contributed by atoms with Gasteiger partial charge in [-0.1, -0.05) is 13.0 Å². The third kappa shape index (κ3) is 3.54. The van der Waals surface area contributed by atoms with Gasteiger partial charge in [-0.2, -0.15) is 0 Å². The number of morpholine rings is 1. The van der Waals surface area contributed by atoms with Crippen LogP contribution in [0.2, 0.25) is 0 Å². The van der Waals surface area contributed by atoms with Crippen LogP contribution in [-0.2, 0) is 4.74 Å². The second-order valence-electron chi connectivity index (χ2n) is 5.55. The van der Waals surface area contributed by atoms with E-state index in [1.165, 1.54) is 13.2 Å². The number of nitrogens with zero attached hydrogens (tertiary/aromatic N) is 1. The molecule has 1 aromatic carbocycles. The second-order valence-corrected chi connectivity index (χ2v) is 5.55. The molecule has 1 fully saturated rings. The third-order valence-electron chi connectivity index (χ3n) is 4.17. The highest BCUT2D eigenvalue weighted by atomic mass is 19.1. The number of hydrogen-bond acceptors (Lipinski definition) is 4. The van der Waals surface area contributed by atoms with Crippen molar-refractivity contribution in [2.45, 2.75) is 38.5 Å². The molecule has 0 radical (unpaired) electrons. The van der Waals surface area contributed by atoms with E-state index in [1.54, 1.807) is 6.07 Å². The van der Waals surface area contributed by atoms with Crippen molar-refractivity contribution in [2.75, 3.05) is 26.8 Å². The largest absolute Gasteiger partial charge is 0.494 e. The van der Waals surface area contributed by atoms with E-state index in [-0.39, 0.29) is 23.7 Å². The molecule has 1 saturated heterocycles. The van der Waals surface area contributed by atoms with Gasteiger partial charge in [0.2, 0.25) is 0 Å². The molecule has 3 unspecified atom stereocenters. The summed E-state index contributed by atoms with van der Waals surface area (Å²) in [5.74, 6) is -0.0836. The Labute approximate surface area is 126 Å². The van der Waals surface area contributed by atoms with Gasteiger partial charge in [-0.3, -0.25) is 4.90 Å². The Morgan fingerprint density at radius 3 is 2.86 bits per heavy atom. The zero-order valence-electron chi connectivity index (χ0n) is 13.0. The van der Waals surface area contributed by atoms with E-state index >= 15 is 0 Å². The van der Waals surface area contributed by atoms with Crippen LogP contribution >= 0.6 is 0 Å². The Kier molecular flexibility index (Phi) is 5.56. The SMILES string of the molecule is CCC1COC(C)CN1C(CN)c1ccc(OC)c(F)c1. The molecule has 2 rings (SSSR count). The topological polar surface area (TPSA) is 47.7 Å². The average Bonchev–Trinajstić information content (AvgIpc) is 2.48. The lowest BCUT2D eigenvalue weighted by Gasteiger charge is -2.43. The summed E-state index contributed by atoms with van der Waals surface area (Å²) in [5.41, 5.74) is 6.87. The Morgan fingerprint density at radius 1 is 1.52 bits per heavy atom. The maximum atomic E-state index is 14.0. The summed E-state index contributed by atoms with van der Waals surface area (Å²) in [5, 5.41) is 0. The number of nitrogens with two attached hydrogens (primary N) is 1. The number of benzene rings is 1. The number of halogens is 1. The van der Waals surface area contributed by atoms with Gasteiger partial charge in [0.15, 0.2) is 11.6 Å². The number of rotatable bonds is 5. The molecule has 0 bridgehead atoms. The summed E-state index contributed by atoms with van der Waals surface area (Å²) in [6.45, 7) is 6.16. The lowest BCUT2D eigenvalue weighted by atomic mass is 10.00. The lowest BCUT2D eigenvalue weighted by molar-refractivity contribution is -0.0719. The summed E-state index contributed by atoms with van der Waals surface area (Å²) < 4.78 is 24.7. The van der Waals surface area contributed by atoms with Crippen LogP contribution in [0, 0.1) is 5.82 Å². The monoisotopic (exact) mass is 296 g/mol. The smallest absolute Gasteiger partial charge is 0.165 e. The van der Waals surface area contributed by atoms with Gasteiger partial charge < -0.3 is 15.2 Å². The molecule has 1 aliphatic rings. The predicted molar refractivity (Wildman–Crippen MR) is 80.9 cm³/mol. The van der Waals surface area contributed by atoms with Crippen molar-refractivity contribution >= 4 is 0 Å². The fourth-order valence-corrected chi connectivity index (χ4v) is 2.96. The zero-order valence-corrected chi connectivity index (χ0v) is 13.0. The molecule has 0 amide bonds. The first kappa shape index (κ1) is 16.2. The lowest BCUT2D eigenvalue weighted by Crippen LogP contribution is -2.51. The minimum atomic E-state index is -0.345. The first-order valence-corrected chi connectivity index (χ1v) is 7.51. The van der Waals surface area contributed by atoms with Gasteiger partial charge in [0.1, 0.15) is 0 Å². The highest BCUT2D eigenvalue weighted by Gasteiger charge is 2.31. The Morgan fingerprint density at radius 2 is 2.29 bits per heavy atom. The fraction of sp³-hybridized carbons (Fsp3) is 0.625. The maximum absolute atomic E-state index is 14.0. The van der Waals surface area contributed by atoms with Crippen molar-refractivity contribution in [2.24, 2.45) is 5.73 Å². The van der Waals surface area contributed by atoms with Crippen LogP contribution in [-0.4, -0.2) is 43.9 Å². The molecule has 4 nitrogen and oxygen atoms in total. The maximum Gasteiger partial charge on any atom is 0.165 e. The van der Waals surface area contributed by atoms with Crippen LogP contribution in [0.3, 0.4) is 0 Å². The van der Waals surface area contributed by atoms with Gasteiger partial charge in [-0.25, -0.2) is 4.39 Å². The van der Waals surface area contributed by atoms with E-state index in [2.05, 4.69) is 18.7 Å². The second kappa shape index (κ2) is 7.20. The first-order valence-electron chi connectivity index (χ1n) is 7.51. The van der Waals surface area contributed by atoms with Crippen LogP contribution in [0.15, 0.2) is 18.2 Å². The third-order valence-corrected chi connectivity index (χ3v) is 4.17. The number of hydrogen-bond donors (Lipinski definition) is 1. The average molecular weight is 296 g/mol. The van der Waals surface area contributed by atoms with Gasteiger partial charge in [-0.15, -0.1) is 0 Å². The van der Waals surface area contributed by atoms with Gasteiger partial charge >= 0.3 is 0 Å². The van der Waals surface area contributed by atoms with Crippen LogP contribution in [0.4, 0.5) is 4.39 Å². The highest BCUT2D eigenvalue weighted by Crippen LogP contribution is 2.29. The van der Waals surface area contributed by atoms with Crippen molar-refractivity contribution in [1.29, 1.82) is 0 Å². The van der Waals surface area contributed by atoms with E-state index in [0.29, 0.717) is 19.2 Å². The fourth-order valence-electron chi connectivity index (χ4n) is 2.96. The van der Waals surface area contributed by atoms with Crippen molar-refractivity contribution in [3.63, 3.8) is 0 Å². The molecule has 0 spiro atoms. The zero-order chi connectivity index (χ0) is 15.4. The Bertz CT molecular complexity index is 470. The van der Waals surface area contributed by atoms with E-state index in [9.17, 15) is 4.39 Å². The summed E-state index contributed by atoms with van der Waals surface area (Å²) in [4.78, 5) is 2.34. The minimum absolute atomic E-state index is 0.00158. The van der Waals surface area contributed by atoms with Crippen LogP contribution < -0.4 is 10.5 Å². The Hall–Kier alpha value is -1.17. The normalized spacial score (nSPS) is 24.8. The summed E-state index contributed by atoms with van der Waals surface area (Å²) >= 11 is 0. The molecule has 118 valence electrons. The highest BCUT2D eigenvalue weighted by molar-refractivity contribution is 5.31. The molecular weight excluding hydrogens is 271 g/mol. The van der Waals surface area contributed by atoms with Crippen molar-refractivity contribution < 1.29 is 13.9 Å². The molecule has 1 aliphatic heterocycles. The molecule has 0 saturated carbocycles. The molecule has 5 heteroatoms. The predicted octanol–water partition coefficient (Wildman–Crippen LogP) is 2.33. The molecule has 1 heterocycles. The van der Waals surface area contributed by atoms with E-state index in [0.717, 1.165) is 18.5 Å². The van der Waals surface area contributed by atoms with Crippen molar-refractivity contribution in [3.05, 3.63) is 29.6 Å². The summed E-state index contributed by atoms with van der Waals surface area (Å²) in [7, 11) is 1.47. The molecule has 0 aliphatic carbocycles. The molecule has 1 aromatic rings. The van der Waals surface area contributed by atoms with Crippen molar-refractivity contribution in [3.8, 4) is 5.75 Å². The van der Waals surface area contributed by atoms with E-state index in [4.69, 9.17) is 15.2 Å². The van der Waals surface area contributed by atoms with E-state index in [1.807, 2.05) is 6.07 Å². The van der Waals surface area contributed by atoms with Crippen molar-refractivity contribution in [1.82, 2.24) is 4.90 Å². The van der Waals surface area contributed by atoms with Crippen LogP contribution in [0.1, 0.15) is 31.9 Å². The van der Waals surface area contributed by atoms with Gasteiger partial charge in [0, 0.05) is 25.2 Å². The summed E-state index contributed by atoms with van der Waals surface area (Å²) in [6.07, 6.45) is 1.16. The molecule has 3 atom stereocenters. The molecule has 0 aromatic heterocycles. The summed E-state index contributed by atoms with van der Waals surface area (Å²) in [6, 6.07) is 5.41. The standard InChI is InChI=1S/C16H25FN2O2/c1-4-13-10-21-11(2)9-19(13)15(8-18)12-5-6-16(20-3)14(17)7-12/h5-7,11,13,15H,4,8-10,18H2,1-3H3. The molecular formula is C16H25FN2O2. The van der Waals surface area contributed by atoms with E-state index < -0.39 is 0 Å². The minimum Gasteiger partial charge on any atom is -0.494 e. The first-order chi connectivity index (χ1) is 10.1. The van der Waals surface area contributed by atoms with Crippen LogP contribution in [0.25, 0.3) is 0 Å². The van der Waals surface area contributed by atoms with Gasteiger partial charge in [0.05, 0.1) is 19.8 Å². The van der Waals surface area contributed by atoms with Crippen LogP contribution in [0.5, 0.6) is 5.75 Å². The van der Waals surface area contributed by atoms with Gasteiger partial charge in [0.25, 0.3) is 0 Å². The number of ether oxygens (including phenoxy) is 2. The Balaban J connectivity index is 2.26.